The second kappa shape index (κ2) is 5.48. The normalized spacial score (nSPS) is 15.5. The topological polar surface area (TPSA) is 12.0 Å². The van der Waals surface area contributed by atoms with Gasteiger partial charge in [-0.1, -0.05) is 29.8 Å². The fourth-order valence-corrected chi connectivity index (χ4v) is 3.92. The van der Waals surface area contributed by atoms with Gasteiger partial charge in [-0.3, -0.25) is 0 Å². The van der Waals surface area contributed by atoms with Crippen LogP contribution >= 0.6 is 11.3 Å². The van der Waals surface area contributed by atoms with Crippen LogP contribution in [0.5, 0.6) is 0 Å². The summed E-state index contributed by atoms with van der Waals surface area (Å²) in [7, 11) is 0. The molecule has 0 fully saturated rings. The van der Waals surface area contributed by atoms with Crippen molar-refractivity contribution in [2.45, 2.75) is 45.7 Å². The van der Waals surface area contributed by atoms with Crippen LogP contribution in [0.4, 0.5) is 0 Å². The van der Waals surface area contributed by atoms with E-state index in [0.717, 1.165) is 6.54 Å². The Labute approximate surface area is 119 Å². The summed E-state index contributed by atoms with van der Waals surface area (Å²) in [6.07, 6.45) is 3.95. The molecule has 1 aliphatic rings. The van der Waals surface area contributed by atoms with Crippen molar-refractivity contribution in [3.05, 3.63) is 56.8 Å². The zero-order valence-electron chi connectivity index (χ0n) is 11.7. The molecule has 1 N–H and O–H groups in total. The summed E-state index contributed by atoms with van der Waals surface area (Å²) in [5.41, 5.74) is 4.30. The SMILES string of the molecule is Cc1ccc(C(C)NCc2cc3c(s2)CCC3)cc1. The molecule has 0 saturated carbocycles. The van der Waals surface area contributed by atoms with E-state index in [0.29, 0.717) is 6.04 Å². The van der Waals surface area contributed by atoms with Crippen molar-refractivity contribution >= 4 is 11.3 Å². The number of hydrogen-bond donors (Lipinski definition) is 1. The predicted octanol–water partition coefficient (Wildman–Crippen LogP) is 4.40. The molecule has 3 rings (SSSR count). The summed E-state index contributed by atoms with van der Waals surface area (Å²) < 4.78 is 0. The van der Waals surface area contributed by atoms with Crippen LogP contribution in [0.1, 0.15) is 45.8 Å². The van der Waals surface area contributed by atoms with Crippen LogP contribution in [0.3, 0.4) is 0 Å². The molecule has 1 unspecified atom stereocenters. The second-order valence-corrected chi connectivity index (χ2v) is 6.75. The van der Waals surface area contributed by atoms with Crippen molar-refractivity contribution < 1.29 is 0 Å². The Balaban J connectivity index is 1.60. The maximum absolute atomic E-state index is 3.63. The number of thiophene rings is 1. The van der Waals surface area contributed by atoms with Crippen molar-refractivity contribution in [2.24, 2.45) is 0 Å². The standard InChI is InChI=1S/C17H21NS/c1-12-6-8-14(9-7-12)13(2)18-11-16-10-15-4-3-5-17(15)19-16/h6-10,13,18H,3-5,11H2,1-2H3. The van der Waals surface area contributed by atoms with Crippen molar-refractivity contribution in [3.63, 3.8) is 0 Å². The number of rotatable bonds is 4. The van der Waals surface area contributed by atoms with Gasteiger partial charge in [-0.25, -0.2) is 0 Å². The monoisotopic (exact) mass is 271 g/mol. The fourth-order valence-electron chi connectivity index (χ4n) is 2.70. The van der Waals surface area contributed by atoms with Gasteiger partial charge in [0, 0.05) is 22.3 Å². The lowest BCUT2D eigenvalue weighted by molar-refractivity contribution is 0.578. The molecule has 1 atom stereocenters. The lowest BCUT2D eigenvalue weighted by Gasteiger charge is -2.13. The van der Waals surface area contributed by atoms with Crippen LogP contribution in [0.2, 0.25) is 0 Å². The summed E-state index contributed by atoms with van der Waals surface area (Å²) >= 11 is 2.00. The first kappa shape index (κ1) is 12.9. The zero-order chi connectivity index (χ0) is 13.2. The minimum atomic E-state index is 0.414. The average Bonchev–Trinajstić information content (AvgIpc) is 2.97. The summed E-state index contributed by atoms with van der Waals surface area (Å²) in [5, 5.41) is 3.63. The van der Waals surface area contributed by atoms with Gasteiger partial charge in [0.15, 0.2) is 0 Å². The molecule has 0 amide bonds. The van der Waals surface area contributed by atoms with Gasteiger partial charge in [-0.2, -0.15) is 0 Å². The number of hydrogen-bond acceptors (Lipinski definition) is 2. The highest BCUT2D eigenvalue weighted by molar-refractivity contribution is 7.12. The van der Waals surface area contributed by atoms with E-state index in [-0.39, 0.29) is 0 Å². The van der Waals surface area contributed by atoms with Crippen LogP contribution in [0.25, 0.3) is 0 Å². The van der Waals surface area contributed by atoms with Crippen LogP contribution in [0, 0.1) is 6.92 Å². The second-order valence-electron chi connectivity index (χ2n) is 5.53. The molecule has 1 aromatic heterocycles. The van der Waals surface area contributed by atoms with E-state index in [1.165, 1.54) is 35.3 Å². The molecule has 1 aliphatic carbocycles. The Bertz CT molecular complexity index is 532. The van der Waals surface area contributed by atoms with Crippen molar-refractivity contribution in [2.75, 3.05) is 0 Å². The van der Waals surface area contributed by atoms with E-state index in [1.807, 2.05) is 11.3 Å². The van der Waals surface area contributed by atoms with Gasteiger partial charge in [-0.05, 0) is 50.3 Å². The predicted molar refractivity (Wildman–Crippen MR) is 82.8 cm³/mol. The molecule has 19 heavy (non-hydrogen) atoms. The van der Waals surface area contributed by atoms with Crippen LogP contribution in [-0.2, 0) is 19.4 Å². The van der Waals surface area contributed by atoms with E-state index in [1.54, 1.807) is 10.4 Å². The van der Waals surface area contributed by atoms with Crippen LogP contribution in [-0.4, -0.2) is 0 Å². The quantitative estimate of drug-likeness (QED) is 0.869. The first-order valence-corrected chi connectivity index (χ1v) is 7.94. The Morgan fingerprint density at radius 2 is 2.00 bits per heavy atom. The van der Waals surface area contributed by atoms with Gasteiger partial charge in [0.25, 0.3) is 0 Å². The van der Waals surface area contributed by atoms with Gasteiger partial charge in [0.1, 0.15) is 0 Å². The Morgan fingerprint density at radius 1 is 1.21 bits per heavy atom. The smallest absolute Gasteiger partial charge is 0.0305 e. The van der Waals surface area contributed by atoms with E-state index in [2.05, 4.69) is 49.5 Å². The molecular weight excluding hydrogens is 250 g/mol. The van der Waals surface area contributed by atoms with Crippen LogP contribution < -0.4 is 5.32 Å². The lowest BCUT2D eigenvalue weighted by atomic mass is 10.1. The largest absolute Gasteiger partial charge is 0.305 e. The molecule has 1 aromatic carbocycles. The third-order valence-corrected chi connectivity index (χ3v) is 5.19. The van der Waals surface area contributed by atoms with Gasteiger partial charge >= 0.3 is 0 Å². The maximum Gasteiger partial charge on any atom is 0.0305 e. The number of benzene rings is 1. The van der Waals surface area contributed by atoms with Crippen molar-refractivity contribution in [1.29, 1.82) is 0 Å². The lowest BCUT2D eigenvalue weighted by Crippen LogP contribution is -2.17. The number of aryl methyl sites for hydroxylation is 3. The molecule has 100 valence electrons. The van der Waals surface area contributed by atoms with E-state index in [4.69, 9.17) is 0 Å². The summed E-state index contributed by atoms with van der Waals surface area (Å²) in [6, 6.07) is 11.6. The minimum absolute atomic E-state index is 0.414. The highest BCUT2D eigenvalue weighted by Crippen LogP contribution is 2.30. The van der Waals surface area contributed by atoms with E-state index >= 15 is 0 Å². The van der Waals surface area contributed by atoms with Gasteiger partial charge in [0.05, 0.1) is 0 Å². The van der Waals surface area contributed by atoms with E-state index < -0.39 is 0 Å². The molecule has 0 saturated heterocycles. The minimum Gasteiger partial charge on any atom is -0.305 e. The number of nitrogens with one attached hydrogen (secondary N) is 1. The molecule has 0 radical (unpaired) electrons. The third kappa shape index (κ3) is 2.90. The highest BCUT2D eigenvalue weighted by Gasteiger charge is 2.15. The molecule has 1 heterocycles. The van der Waals surface area contributed by atoms with Crippen LogP contribution in [0.15, 0.2) is 30.3 Å². The average molecular weight is 271 g/mol. The molecule has 0 bridgehead atoms. The highest BCUT2D eigenvalue weighted by atomic mass is 32.1. The van der Waals surface area contributed by atoms with E-state index in [9.17, 15) is 0 Å². The maximum atomic E-state index is 3.63. The Morgan fingerprint density at radius 3 is 2.74 bits per heavy atom. The first-order chi connectivity index (χ1) is 9.22. The van der Waals surface area contributed by atoms with Gasteiger partial charge in [0.2, 0.25) is 0 Å². The number of fused-ring (bicyclic) bond motifs is 1. The fraction of sp³-hybridized carbons (Fsp3) is 0.412. The summed E-state index contributed by atoms with van der Waals surface area (Å²) in [5.74, 6) is 0. The first-order valence-electron chi connectivity index (χ1n) is 7.13. The molecule has 0 spiro atoms. The molecule has 2 heteroatoms. The van der Waals surface area contributed by atoms with Crippen molar-refractivity contribution in [1.82, 2.24) is 5.32 Å². The Hall–Kier alpha value is -1.12. The molecular formula is C17H21NS. The third-order valence-electron chi connectivity index (χ3n) is 3.96. The summed E-state index contributed by atoms with van der Waals surface area (Å²) in [4.78, 5) is 3.11. The van der Waals surface area contributed by atoms with Gasteiger partial charge < -0.3 is 5.32 Å². The van der Waals surface area contributed by atoms with Gasteiger partial charge in [-0.15, -0.1) is 11.3 Å². The molecule has 2 aromatic rings. The summed E-state index contributed by atoms with van der Waals surface area (Å²) in [6.45, 7) is 5.37. The molecule has 0 aliphatic heterocycles. The molecule has 1 nitrogen and oxygen atoms in total. The van der Waals surface area contributed by atoms with Crippen molar-refractivity contribution in [3.8, 4) is 0 Å². The zero-order valence-corrected chi connectivity index (χ0v) is 12.5. The Kier molecular flexibility index (Phi) is 3.72.